The highest BCUT2D eigenvalue weighted by atomic mass is 16.5. The summed E-state index contributed by atoms with van der Waals surface area (Å²) in [4.78, 5) is 0. The van der Waals surface area contributed by atoms with Crippen LogP contribution in [0.2, 0.25) is 0 Å². The van der Waals surface area contributed by atoms with E-state index in [9.17, 15) is 0 Å². The monoisotopic (exact) mass is 191 g/mol. The molecule has 1 aromatic rings. The second kappa shape index (κ2) is 3.29. The predicted octanol–water partition coefficient (Wildman–Crippen LogP) is 0.383. The van der Waals surface area contributed by atoms with Gasteiger partial charge in [0, 0.05) is 24.6 Å². The zero-order chi connectivity index (χ0) is 9.38. The Morgan fingerprint density at radius 3 is 3.29 bits per heavy atom. The molecule has 4 heteroatoms. The van der Waals surface area contributed by atoms with Crippen molar-refractivity contribution in [3.8, 4) is 0 Å². The molecule has 3 unspecified atom stereocenters. The van der Waals surface area contributed by atoms with Crippen LogP contribution in [-0.2, 0) is 4.74 Å². The molecular weight excluding hydrogens is 178 g/mol. The summed E-state index contributed by atoms with van der Waals surface area (Å²) in [6.45, 7) is 2.80. The smallest absolute Gasteiger partial charge is 0.0804 e. The highest BCUT2D eigenvalue weighted by Gasteiger charge is 2.41. The van der Waals surface area contributed by atoms with Crippen LogP contribution in [0.4, 0.5) is 0 Å². The molecule has 2 saturated heterocycles. The molecule has 3 atom stereocenters. The molecule has 0 amide bonds. The van der Waals surface area contributed by atoms with Crippen LogP contribution in [0.15, 0.2) is 18.3 Å². The van der Waals surface area contributed by atoms with Gasteiger partial charge in [-0.05, 0) is 12.1 Å². The minimum Gasteiger partial charge on any atom is -0.381 e. The zero-order valence-electron chi connectivity index (χ0n) is 7.89. The zero-order valence-corrected chi connectivity index (χ0v) is 7.89. The Balaban J connectivity index is 1.86. The first kappa shape index (κ1) is 8.32. The van der Waals surface area contributed by atoms with E-state index in [0.29, 0.717) is 17.9 Å². The van der Waals surface area contributed by atoms with Gasteiger partial charge in [0.1, 0.15) is 0 Å². The van der Waals surface area contributed by atoms with Crippen LogP contribution in [0, 0.1) is 11.8 Å². The van der Waals surface area contributed by atoms with Gasteiger partial charge in [0.15, 0.2) is 0 Å². The summed E-state index contributed by atoms with van der Waals surface area (Å²) in [5, 5.41) is 11.6. The number of hydrogen-bond donors (Lipinski definition) is 1. The fraction of sp³-hybridized carbons (Fsp3) is 0.600. The number of fused-ring (bicyclic) bond motifs is 1. The lowest BCUT2D eigenvalue weighted by atomic mass is 9.92. The van der Waals surface area contributed by atoms with E-state index in [4.69, 9.17) is 4.74 Å². The lowest BCUT2D eigenvalue weighted by Crippen LogP contribution is -2.21. The number of ether oxygens (including phenoxy) is 1. The molecule has 74 valence electrons. The lowest BCUT2D eigenvalue weighted by Gasteiger charge is -2.15. The van der Waals surface area contributed by atoms with Crippen LogP contribution in [0.1, 0.15) is 11.7 Å². The van der Waals surface area contributed by atoms with Crippen LogP contribution in [0.5, 0.6) is 0 Å². The molecule has 0 saturated carbocycles. The van der Waals surface area contributed by atoms with Crippen LogP contribution in [0.3, 0.4) is 0 Å². The van der Waals surface area contributed by atoms with Gasteiger partial charge in [-0.1, -0.05) is 0 Å². The van der Waals surface area contributed by atoms with Gasteiger partial charge in [-0.3, -0.25) is 0 Å². The molecule has 0 spiro atoms. The summed E-state index contributed by atoms with van der Waals surface area (Å²) in [5.74, 6) is 1.26. The summed E-state index contributed by atoms with van der Waals surface area (Å²) in [5.41, 5.74) is 1.05. The topological polar surface area (TPSA) is 47.0 Å². The highest BCUT2D eigenvalue weighted by Crippen LogP contribution is 2.36. The Hall–Kier alpha value is -1.00. The fourth-order valence-electron chi connectivity index (χ4n) is 2.43. The molecule has 2 aliphatic heterocycles. The van der Waals surface area contributed by atoms with Gasteiger partial charge in [-0.2, -0.15) is 10.2 Å². The third-order valence-electron chi connectivity index (χ3n) is 3.19. The number of nitrogens with zero attached hydrogens (tertiary/aromatic N) is 2. The van der Waals surface area contributed by atoms with Gasteiger partial charge < -0.3 is 10.1 Å². The van der Waals surface area contributed by atoms with Crippen molar-refractivity contribution >= 4 is 0 Å². The molecule has 2 aliphatic rings. The van der Waals surface area contributed by atoms with Gasteiger partial charge in [-0.25, -0.2) is 0 Å². The number of hydrogen-bond acceptors (Lipinski definition) is 4. The summed E-state index contributed by atoms with van der Waals surface area (Å²) in [6, 6.07) is 4.31. The molecule has 2 fully saturated rings. The van der Waals surface area contributed by atoms with Crippen molar-refractivity contribution in [2.75, 3.05) is 19.8 Å². The first-order valence-corrected chi connectivity index (χ1v) is 5.04. The molecule has 14 heavy (non-hydrogen) atoms. The van der Waals surface area contributed by atoms with Gasteiger partial charge >= 0.3 is 0 Å². The quantitative estimate of drug-likeness (QED) is 0.697. The minimum atomic E-state index is 0.344. The van der Waals surface area contributed by atoms with E-state index in [2.05, 4.69) is 15.5 Å². The van der Waals surface area contributed by atoms with E-state index in [1.165, 1.54) is 0 Å². The predicted molar refractivity (Wildman–Crippen MR) is 50.6 cm³/mol. The average molecular weight is 191 g/mol. The van der Waals surface area contributed by atoms with Crippen molar-refractivity contribution in [2.24, 2.45) is 11.8 Å². The number of rotatable bonds is 1. The maximum Gasteiger partial charge on any atom is 0.0804 e. The van der Waals surface area contributed by atoms with Crippen LogP contribution in [-0.4, -0.2) is 30.0 Å². The average Bonchev–Trinajstić information content (AvgIpc) is 2.79. The molecule has 0 radical (unpaired) electrons. The minimum absolute atomic E-state index is 0.344. The van der Waals surface area contributed by atoms with Crippen LogP contribution < -0.4 is 5.32 Å². The third kappa shape index (κ3) is 1.22. The summed E-state index contributed by atoms with van der Waals surface area (Å²) < 4.78 is 5.48. The molecule has 3 heterocycles. The fourth-order valence-corrected chi connectivity index (χ4v) is 2.43. The molecule has 1 aromatic heterocycles. The number of nitrogens with one attached hydrogen (secondary N) is 1. The first-order valence-electron chi connectivity index (χ1n) is 5.04. The van der Waals surface area contributed by atoms with E-state index in [1.54, 1.807) is 6.20 Å². The summed E-state index contributed by atoms with van der Waals surface area (Å²) in [7, 11) is 0. The second-order valence-electron chi connectivity index (χ2n) is 4.00. The highest BCUT2D eigenvalue weighted by molar-refractivity contribution is 5.11. The molecule has 0 aliphatic carbocycles. The van der Waals surface area contributed by atoms with Crippen molar-refractivity contribution in [1.29, 1.82) is 0 Å². The normalized spacial score (nSPS) is 35.9. The van der Waals surface area contributed by atoms with E-state index in [-0.39, 0.29) is 0 Å². The Bertz CT molecular complexity index is 316. The van der Waals surface area contributed by atoms with Gasteiger partial charge in [-0.15, -0.1) is 0 Å². The second-order valence-corrected chi connectivity index (χ2v) is 4.00. The Kier molecular flexibility index (Phi) is 1.96. The van der Waals surface area contributed by atoms with Crippen molar-refractivity contribution in [2.45, 2.75) is 6.04 Å². The lowest BCUT2D eigenvalue weighted by molar-refractivity contribution is 0.168. The molecule has 1 N–H and O–H groups in total. The third-order valence-corrected chi connectivity index (χ3v) is 3.19. The van der Waals surface area contributed by atoms with Crippen molar-refractivity contribution in [3.05, 3.63) is 24.0 Å². The van der Waals surface area contributed by atoms with Crippen LogP contribution in [0.25, 0.3) is 0 Å². The first-order chi connectivity index (χ1) is 6.95. The van der Waals surface area contributed by atoms with Gasteiger partial charge in [0.2, 0.25) is 0 Å². The SMILES string of the molecule is c1cnnc(C2NCC3COCC32)c1. The van der Waals surface area contributed by atoms with Crippen molar-refractivity contribution < 1.29 is 4.74 Å². The van der Waals surface area contributed by atoms with Gasteiger partial charge in [0.25, 0.3) is 0 Å². The maximum absolute atomic E-state index is 5.48. The van der Waals surface area contributed by atoms with E-state index in [0.717, 1.165) is 25.5 Å². The standard InChI is InChI=1S/C10H13N3O/c1-2-9(13-12-3-1)10-8-6-14-5-7(8)4-11-10/h1-3,7-8,10-11H,4-6H2. The summed E-state index contributed by atoms with van der Waals surface area (Å²) >= 11 is 0. The van der Waals surface area contributed by atoms with Crippen LogP contribution >= 0.6 is 0 Å². The molecule has 0 aromatic carbocycles. The molecule has 4 nitrogen and oxygen atoms in total. The molecular formula is C10H13N3O. The van der Waals surface area contributed by atoms with Crippen molar-refractivity contribution in [1.82, 2.24) is 15.5 Å². The Morgan fingerprint density at radius 1 is 1.43 bits per heavy atom. The Labute approximate surface area is 82.7 Å². The van der Waals surface area contributed by atoms with E-state index >= 15 is 0 Å². The van der Waals surface area contributed by atoms with Crippen molar-refractivity contribution in [3.63, 3.8) is 0 Å². The maximum atomic E-state index is 5.48. The van der Waals surface area contributed by atoms with Gasteiger partial charge in [0.05, 0.1) is 24.9 Å². The molecule has 0 bridgehead atoms. The van der Waals surface area contributed by atoms with E-state index < -0.39 is 0 Å². The van der Waals surface area contributed by atoms with E-state index in [1.807, 2.05) is 12.1 Å². The largest absolute Gasteiger partial charge is 0.381 e. The Morgan fingerprint density at radius 2 is 2.43 bits per heavy atom. The number of aromatic nitrogens is 2. The molecule has 3 rings (SSSR count). The summed E-state index contributed by atoms with van der Waals surface area (Å²) in [6.07, 6.45) is 1.71.